The fourth-order valence-corrected chi connectivity index (χ4v) is 2.39. The number of ether oxygens (including phenoxy) is 1. The summed E-state index contributed by atoms with van der Waals surface area (Å²) in [6.45, 7) is 0. The molecule has 2 aromatic rings. The maximum absolute atomic E-state index is 12.3. The van der Waals surface area contributed by atoms with Gasteiger partial charge in [-0.3, -0.25) is 14.9 Å². The van der Waals surface area contributed by atoms with E-state index >= 15 is 0 Å². The molecule has 1 amide bonds. The Morgan fingerprint density at radius 3 is 2.52 bits per heavy atom. The number of benzene rings is 2. The molecule has 0 aliphatic carbocycles. The summed E-state index contributed by atoms with van der Waals surface area (Å²) in [5.41, 5.74) is 0.774. The smallest absolute Gasteiger partial charge is 0.270 e. The van der Waals surface area contributed by atoms with E-state index in [9.17, 15) is 20.2 Å². The van der Waals surface area contributed by atoms with Crippen molar-refractivity contribution in [2.24, 2.45) is 0 Å². The monoisotopic (exact) mass is 401 g/mol. The second-order valence-electron chi connectivity index (χ2n) is 4.82. The fourth-order valence-electron chi connectivity index (χ4n) is 1.92. The number of nitro benzene ring substituents is 1. The standard InChI is InChI=1S/C17H12BrN3O4/c1-25-14-5-2-11(3-6-14)8-12(10-19)17(22)20-16-7-4-13(21(23)24)9-15(16)18/h2-9H,1H3,(H,20,22)/b12-8+. The highest BCUT2D eigenvalue weighted by atomic mass is 79.9. The van der Waals surface area contributed by atoms with Crippen LogP contribution in [0, 0.1) is 21.4 Å². The van der Waals surface area contributed by atoms with Crippen LogP contribution >= 0.6 is 15.9 Å². The van der Waals surface area contributed by atoms with Crippen LogP contribution in [0.2, 0.25) is 0 Å². The van der Waals surface area contributed by atoms with Gasteiger partial charge in [0.05, 0.1) is 17.7 Å². The molecule has 1 N–H and O–H groups in total. The van der Waals surface area contributed by atoms with Crippen molar-refractivity contribution in [3.63, 3.8) is 0 Å². The van der Waals surface area contributed by atoms with E-state index in [2.05, 4.69) is 21.2 Å². The Morgan fingerprint density at radius 1 is 1.32 bits per heavy atom. The Morgan fingerprint density at radius 2 is 2.00 bits per heavy atom. The van der Waals surface area contributed by atoms with Gasteiger partial charge < -0.3 is 10.1 Å². The molecule has 2 aromatic carbocycles. The van der Waals surface area contributed by atoms with Crippen LogP contribution in [0.25, 0.3) is 6.08 Å². The van der Waals surface area contributed by atoms with Crippen LogP contribution in [0.4, 0.5) is 11.4 Å². The second kappa shape index (κ2) is 8.08. The Kier molecular flexibility index (Phi) is 5.87. The molecule has 2 rings (SSSR count). The maximum Gasteiger partial charge on any atom is 0.270 e. The van der Waals surface area contributed by atoms with Crippen LogP contribution in [0.1, 0.15) is 5.56 Å². The zero-order valence-corrected chi connectivity index (χ0v) is 14.6. The van der Waals surface area contributed by atoms with Crippen molar-refractivity contribution in [2.45, 2.75) is 0 Å². The molecular weight excluding hydrogens is 390 g/mol. The molecule has 0 aliphatic rings. The zero-order chi connectivity index (χ0) is 18.4. The molecule has 0 bridgehead atoms. The van der Waals surface area contributed by atoms with Gasteiger partial charge in [0.25, 0.3) is 11.6 Å². The summed E-state index contributed by atoms with van der Waals surface area (Å²) in [7, 11) is 1.54. The minimum Gasteiger partial charge on any atom is -0.497 e. The lowest BCUT2D eigenvalue weighted by Crippen LogP contribution is -2.13. The highest BCUT2D eigenvalue weighted by molar-refractivity contribution is 9.10. The number of hydrogen-bond donors (Lipinski definition) is 1. The molecule has 7 nitrogen and oxygen atoms in total. The van der Waals surface area contributed by atoms with Gasteiger partial charge in [0.15, 0.2) is 0 Å². The summed E-state index contributed by atoms with van der Waals surface area (Å²) in [5.74, 6) is 0.0443. The molecule has 0 fully saturated rings. The summed E-state index contributed by atoms with van der Waals surface area (Å²) in [4.78, 5) is 22.4. The van der Waals surface area contributed by atoms with E-state index < -0.39 is 10.8 Å². The van der Waals surface area contributed by atoms with Crippen LogP contribution in [-0.4, -0.2) is 17.9 Å². The number of carbonyl (C=O) groups excluding carboxylic acids is 1. The van der Waals surface area contributed by atoms with Gasteiger partial charge in [-0.2, -0.15) is 5.26 Å². The molecule has 25 heavy (non-hydrogen) atoms. The van der Waals surface area contributed by atoms with Gasteiger partial charge in [-0.15, -0.1) is 0 Å². The Hall–Kier alpha value is -3.18. The van der Waals surface area contributed by atoms with Crippen LogP contribution in [-0.2, 0) is 4.79 Å². The third-order valence-corrected chi connectivity index (χ3v) is 3.86. The van der Waals surface area contributed by atoms with Gasteiger partial charge in [0, 0.05) is 16.6 Å². The van der Waals surface area contributed by atoms with Crippen molar-refractivity contribution in [3.8, 4) is 11.8 Å². The van der Waals surface area contributed by atoms with Crippen molar-refractivity contribution in [3.05, 3.63) is 68.2 Å². The molecule has 0 aromatic heterocycles. The normalized spacial score (nSPS) is 10.7. The molecule has 0 radical (unpaired) electrons. The summed E-state index contributed by atoms with van der Waals surface area (Å²) in [5, 5.41) is 22.5. The van der Waals surface area contributed by atoms with Gasteiger partial charge in [0.1, 0.15) is 17.4 Å². The van der Waals surface area contributed by atoms with Crippen molar-refractivity contribution in [2.75, 3.05) is 12.4 Å². The van der Waals surface area contributed by atoms with E-state index in [4.69, 9.17) is 4.74 Å². The van der Waals surface area contributed by atoms with Crippen molar-refractivity contribution in [1.82, 2.24) is 0 Å². The van der Waals surface area contributed by atoms with E-state index in [1.807, 2.05) is 6.07 Å². The summed E-state index contributed by atoms with van der Waals surface area (Å²) in [6, 6.07) is 12.6. The number of nitrogens with one attached hydrogen (secondary N) is 1. The molecule has 0 saturated carbocycles. The SMILES string of the molecule is COc1ccc(/C=C(\C#N)C(=O)Nc2ccc([N+](=O)[O-])cc2Br)cc1. The van der Waals surface area contributed by atoms with Gasteiger partial charge >= 0.3 is 0 Å². The van der Waals surface area contributed by atoms with Gasteiger partial charge in [0.2, 0.25) is 0 Å². The van der Waals surface area contributed by atoms with Crippen LogP contribution in [0.3, 0.4) is 0 Å². The molecular formula is C17H12BrN3O4. The van der Waals surface area contributed by atoms with E-state index in [1.54, 1.807) is 31.4 Å². The van der Waals surface area contributed by atoms with Crippen LogP contribution in [0.15, 0.2) is 52.5 Å². The number of anilines is 1. The topological polar surface area (TPSA) is 105 Å². The van der Waals surface area contributed by atoms with E-state index in [-0.39, 0.29) is 11.3 Å². The Bertz CT molecular complexity index is 886. The van der Waals surface area contributed by atoms with E-state index in [1.165, 1.54) is 24.3 Å². The Labute approximate surface area is 151 Å². The fraction of sp³-hybridized carbons (Fsp3) is 0.0588. The largest absolute Gasteiger partial charge is 0.497 e. The number of non-ortho nitro benzene ring substituents is 1. The minimum atomic E-state index is -0.618. The maximum atomic E-state index is 12.3. The molecule has 0 heterocycles. The average Bonchev–Trinajstić information content (AvgIpc) is 2.61. The van der Waals surface area contributed by atoms with Crippen LogP contribution in [0.5, 0.6) is 5.75 Å². The van der Waals surface area contributed by atoms with Gasteiger partial charge in [-0.1, -0.05) is 12.1 Å². The molecule has 0 saturated heterocycles. The van der Waals surface area contributed by atoms with E-state index in [0.29, 0.717) is 21.5 Å². The number of nitriles is 1. The van der Waals surface area contributed by atoms with E-state index in [0.717, 1.165) is 0 Å². The molecule has 126 valence electrons. The first kappa shape index (κ1) is 18.2. The third-order valence-electron chi connectivity index (χ3n) is 3.20. The molecule has 0 aliphatic heterocycles. The first-order valence-electron chi connectivity index (χ1n) is 6.95. The summed E-state index contributed by atoms with van der Waals surface area (Å²) >= 11 is 3.16. The highest BCUT2D eigenvalue weighted by Crippen LogP contribution is 2.27. The molecule has 0 unspecified atom stereocenters. The predicted octanol–water partition coefficient (Wildman–Crippen LogP) is 3.91. The number of methoxy groups -OCH3 is 1. The first-order chi connectivity index (χ1) is 11.9. The molecule has 8 heteroatoms. The van der Waals surface area contributed by atoms with Crippen molar-refractivity contribution in [1.29, 1.82) is 5.26 Å². The van der Waals surface area contributed by atoms with Gasteiger partial charge in [-0.25, -0.2) is 0 Å². The molecule has 0 spiro atoms. The number of hydrogen-bond acceptors (Lipinski definition) is 5. The van der Waals surface area contributed by atoms with Gasteiger partial charge in [-0.05, 0) is 45.8 Å². The number of nitro groups is 1. The number of nitrogens with zero attached hydrogens (tertiary/aromatic N) is 2. The number of amides is 1. The van der Waals surface area contributed by atoms with Crippen molar-refractivity contribution >= 4 is 39.3 Å². The van der Waals surface area contributed by atoms with Crippen LogP contribution < -0.4 is 10.1 Å². The lowest BCUT2D eigenvalue weighted by molar-refractivity contribution is -0.384. The quantitative estimate of drug-likeness (QED) is 0.353. The first-order valence-corrected chi connectivity index (χ1v) is 7.75. The Balaban J connectivity index is 2.21. The number of halogens is 1. The minimum absolute atomic E-state index is 0.101. The predicted molar refractivity (Wildman–Crippen MR) is 96.0 cm³/mol. The third kappa shape index (κ3) is 4.65. The number of carbonyl (C=O) groups is 1. The van der Waals surface area contributed by atoms with Crippen molar-refractivity contribution < 1.29 is 14.5 Å². The lowest BCUT2D eigenvalue weighted by atomic mass is 10.1. The molecule has 0 atom stereocenters. The lowest BCUT2D eigenvalue weighted by Gasteiger charge is -2.07. The second-order valence-corrected chi connectivity index (χ2v) is 5.67. The highest BCUT2D eigenvalue weighted by Gasteiger charge is 2.14. The average molecular weight is 402 g/mol. The summed E-state index contributed by atoms with van der Waals surface area (Å²) in [6.07, 6.45) is 1.44. The number of rotatable bonds is 5. The summed E-state index contributed by atoms with van der Waals surface area (Å²) < 4.78 is 5.39. The zero-order valence-electron chi connectivity index (χ0n) is 13.0.